The Morgan fingerprint density at radius 2 is 1.46 bits per heavy atom. The zero-order chi connectivity index (χ0) is 30.7. The maximum Gasteiger partial charge on any atom is 0.326 e. The number of rotatable bonds is 17. The molecule has 10 N–H and O–H groups in total. The van der Waals surface area contributed by atoms with E-state index in [0.717, 1.165) is 10.9 Å². The van der Waals surface area contributed by atoms with E-state index in [1.165, 1.54) is 0 Å². The van der Waals surface area contributed by atoms with Crippen LogP contribution in [0.15, 0.2) is 30.5 Å². The van der Waals surface area contributed by atoms with Crippen LogP contribution in [-0.2, 0) is 35.2 Å². The van der Waals surface area contributed by atoms with Crippen molar-refractivity contribution in [3.63, 3.8) is 0 Å². The van der Waals surface area contributed by atoms with E-state index in [-0.39, 0.29) is 44.4 Å². The molecule has 41 heavy (non-hydrogen) atoms. The lowest BCUT2D eigenvalue weighted by atomic mass is 10.0. The fourth-order valence-corrected chi connectivity index (χ4v) is 4.21. The van der Waals surface area contributed by atoms with Crippen molar-refractivity contribution in [1.29, 1.82) is 0 Å². The van der Waals surface area contributed by atoms with Gasteiger partial charge in [0.25, 0.3) is 0 Å². The molecule has 1 aromatic carbocycles. The number of primary amides is 1. The van der Waals surface area contributed by atoms with Crippen LogP contribution < -0.4 is 27.4 Å². The number of para-hydroxylation sites is 1. The summed E-state index contributed by atoms with van der Waals surface area (Å²) < 4.78 is 0. The number of carbonyl (C=O) groups is 6. The number of fused-ring (bicyclic) bond motifs is 1. The largest absolute Gasteiger partial charge is 0.481 e. The van der Waals surface area contributed by atoms with Crippen LogP contribution in [0.1, 0.15) is 51.5 Å². The normalized spacial score (nSPS) is 14.0. The minimum absolute atomic E-state index is 0.0236. The van der Waals surface area contributed by atoms with Gasteiger partial charge < -0.3 is 42.6 Å². The number of hydrogen-bond acceptors (Lipinski definition) is 7. The maximum atomic E-state index is 13.4. The van der Waals surface area contributed by atoms with Crippen LogP contribution in [0.4, 0.5) is 0 Å². The zero-order valence-corrected chi connectivity index (χ0v) is 23.0. The molecule has 4 atom stereocenters. The quantitative estimate of drug-likeness (QED) is 0.124. The molecular formula is C27H38N6O8. The summed E-state index contributed by atoms with van der Waals surface area (Å²) in [5, 5.41) is 26.7. The highest BCUT2D eigenvalue weighted by Crippen LogP contribution is 2.19. The number of aromatic nitrogens is 1. The van der Waals surface area contributed by atoms with Gasteiger partial charge in [0, 0.05) is 36.4 Å². The van der Waals surface area contributed by atoms with E-state index >= 15 is 0 Å². The Kier molecular flexibility index (Phi) is 12.3. The topological polar surface area (TPSA) is 247 Å². The van der Waals surface area contributed by atoms with Crippen LogP contribution in [0.2, 0.25) is 0 Å². The second-order valence-electron chi connectivity index (χ2n) is 10.3. The van der Waals surface area contributed by atoms with Crippen molar-refractivity contribution in [2.24, 2.45) is 17.4 Å². The van der Waals surface area contributed by atoms with Gasteiger partial charge in [0.05, 0.1) is 6.04 Å². The molecule has 14 heteroatoms. The molecule has 0 saturated heterocycles. The van der Waals surface area contributed by atoms with E-state index in [4.69, 9.17) is 16.6 Å². The Labute approximate surface area is 236 Å². The lowest BCUT2D eigenvalue weighted by Crippen LogP contribution is -2.57. The van der Waals surface area contributed by atoms with Crippen LogP contribution in [0.25, 0.3) is 10.9 Å². The van der Waals surface area contributed by atoms with Gasteiger partial charge in [0.2, 0.25) is 23.6 Å². The molecule has 0 aliphatic rings. The number of nitrogens with one attached hydrogen (secondary N) is 4. The Balaban J connectivity index is 2.32. The number of hydrogen-bond donors (Lipinski definition) is 8. The van der Waals surface area contributed by atoms with Gasteiger partial charge in [-0.1, -0.05) is 32.0 Å². The Morgan fingerprint density at radius 1 is 0.854 bits per heavy atom. The zero-order valence-electron chi connectivity index (χ0n) is 23.0. The van der Waals surface area contributed by atoms with E-state index in [9.17, 15) is 33.9 Å². The molecule has 4 amide bonds. The second kappa shape index (κ2) is 15.4. The lowest BCUT2D eigenvalue weighted by Gasteiger charge is -2.25. The predicted octanol–water partition coefficient (Wildman–Crippen LogP) is -0.247. The first-order valence-corrected chi connectivity index (χ1v) is 13.2. The molecule has 2 rings (SSSR count). The van der Waals surface area contributed by atoms with Gasteiger partial charge in [0.1, 0.15) is 18.1 Å². The van der Waals surface area contributed by atoms with Crippen molar-refractivity contribution in [2.45, 2.75) is 76.5 Å². The third-order valence-electron chi connectivity index (χ3n) is 6.37. The number of aliphatic carboxylic acids is 2. The number of benzene rings is 1. The van der Waals surface area contributed by atoms with Crippen molar-refractivity contribution in [2.75, 3.05) is 0 Å². The SMILES string of the molecule is CC(C)CC(NC(=O)C(Cc1c[nH]c2ccccc12)NC(=O)C(CCC(N)=O)NC(=O)C(N)CCC(=O)O)C(=O)O. The molecule has 224 valence electrons. The smallest absolute Gasteiger partial charge is 0.326 e. The van der Waals surface area contributed by atoms with E-state index in [1.54, 1.807) is 26.1 Å². The average Bonchev–Trinajstić information content (AvgIpc) is 3.30. The van der Waals surface area contributed by atoms with Gasteiger partial charge in [0.15, 0.2) is 0 Å². The van der Waals surface area contributed by atoms with E-state index in [0.29, 0.717) is 5.56 Å². The standard InChI is InChI=1S/C27H38N6O8/c1-14(2)11-21(27(40)41)33-26(39)20(12-15-13-30-18-6-4-3-5-16(15)18)32-25(38)19(8-9-22(29)34)31-24(37)17(28)7-10-23(35)36/h3-6,13-14,17,19-21,30H,7-12,28H2,1-2H3,(H2,29,34)(H,31,37)(H,32,38)(H,33,39)(H,35,36)(H,40,41). The lowest BCUT2D eigenvalue weighted by molar-refractivity contribution is -0.143. The summed E-state index contributed by atoms with van der Waals surface area (Å²) in [4.78, 5) is 76.5. The number of amides is 4. The molecule has 0 fully saturated rings. The summed E-state index contributed by atoms with van der Waals surface area (Å²) in [6, 6.07) is 2.24. The Morgan fingerprint density at radius 3 is 2.07 bits per heavy atom. The van der Waals surface area contributed by atoms with Crippen molar-refractivity contribution >= 4 is 46.5 Å². The van der Waals surface area contributed by atoms with E-state index in [1.807, 2.05) is 18.2 Å². The molecule has 1 aromatic heterocycles. The number of carboxylic acid groups (broad SMARTS) is 2. The fourth-order valence-electron chi connectivity index (χ4n) is 4.21. The van der Waals surface area contributed by atoms with Crippen molar-refractivity contribution in [1.82, 2.24) is 20.9 Å². The molecular weight excluding hydrogens is 536 g/mol. The summed E-state index contributed by atoms with van der Waals surface area (Å²) in [5.41, 5.74) is 12.5. The average molecular weight is 575 g/mol. The number of carbonyl (C=O) groups excluding carboxylic acids is 4. The van der Waals surface area contributed by atoms with Crippen LogP contribution in [-0.4, -0.2) is 74.9 Å². The molecule has 4 unspecified atom stereocenters. The van der Waals surface area contributed by atoms with Crippen LogP contribution >= 0.6 is 0 Å². The molecule has 0 aliphatic heterocycles. The van der Waals surface area contributed by atoms with Gasteiger partial charge in [-0.2, -0.15) is 0 Å². The summed E-state index contributed by atoms with van der Waals surface area (Å²) >= 11 is 0. The third-order valence-corrected chi connectivity index (χ3v) is 6.37. The van der Waals surface area contributed by atoms with Crippen LogP contribution in [0.3, 0.4) is 0 Å². The highest BCUT2D eigenvalue weighted by Gasteiger charge is 2.31. The summed E-state index contributed by atoms with van der Waals surface area (Å²) in [6.07, 6.45) is 0.741. The highest BCUT2D eigenvalue weighted by atomic mass is 16.4. The Bertz CT molecular complexity index is 1260. The predicted molar refractivity (Wildman–Crippen MR) is 148 cm³/mol. The van der Waals surface area contributed by atoms with Crippen molar-refractivity contribution < 1.29 is 39.0 Å². The number of aromatic amines is 1. The fraction of sp³-hybridized carbons (Fsp3) is 0.481. The van der Waals surface area contributed by atoms with Gasteiger partial charge in [-0.3, -0.25) is 24.0 Å². The molecule has 0 bridgehead atoms. The minimum Gasteiger partial charge on any atom is -0.481 e. The first-order chi connectivity index (χ1) is 19.3. The van der Waals surface area contributed by atoms with Gasteiger partial charge >= 0.3 is 11.9 Å². The van der Waals surface area contributed by atoms with E-state index < -0.39 is 59.7 Å². The van der Waals surface area contributed by atoms with Gasteiger partial charge in [-0.15, -0.1) is 0 Å². The Hall–Kier alpha value is -4.46. The van der Waals surface area contributed by atoms with Crippen LogP contribution in [0.5, 0.6) is 0 Å². The molecule has 0 aliphatic carbocycles. The molecule has 2 aromatic rings. The van der Waals surface area contributed by atoms with Gasteiger partial charge in [-0.25, -0.2) is 4.79 Å². The maximum absolute atomic E-state index is 13.4. The molecule has 14 nitrogen and oxygen atoms in total. The first-order valence-electron chi connectivity index (χ1n) is 13.2. The summed E-state index contributed by atoms with van der Waals surface area (Å²) in [6.45, 7) is 3.61. The number of nitrogens with two attached hydrogens (primary N) is 2. The number of H-pyrrole nitrogens is 1. The van der Waals surface area contributed by atoms with Crippen LogP contribution in [0, 0.1) is 5.92 Å². The monoisotopic (exact) mass is 574 g/mol. The molecule has 1 heterocycles. The molecule has 0 saturated carbocycles. The van der Waals surface area contributed by atoms with Gasteiger partial charge in [-0.05, 0) is 36.8 Å². The van der Waals surface area contributed by atoms with Crippen molar-refractivity contribution in [3.8, 4) is 0 Å². The van der Waals surface area contributed by atoms with Crippen molar-refractivity contribution in [3.05, 3.63) is 36.0 Å². The molecule has 0 radical (unpaired) electrons. The third kappa shape index (κ3) is 10.6. The number of carboxylic acids is 2. The summed E-state index contributed by atoms with van der Waals surface area (Å²) in [7, 11) is 0. The molecule has 0 spiro atoms. The van der Waals surface area contributed by atoms with E-state index in [2.05, 4.69) is 20.9 Å². The summed E-state index contributed by atoms with van der Waals surface area (Å²) in [5.74, 6) is -5.58. The minimum atomic E-state index is -1.34. The first kappa shape index (κ1) is 32.8. The second-order valence-corrected chi connectivity index (χ2v) is 10.3. The highest BCUT2D eigenvalue weighted by molar-refractivity contribution is 5.95.